The molecule has 2 aliphatic rings. The number of rotatable bonds is 2. The maximum atomic E-state index is 14.4. The van der Waals surface area contributed by atoms with Crippen molar-refractivity contribution in [2.75, 3.05) is 25.0 Å². The van der Waals surface area contributed by atoms with Crippen LogP contribution in [0, 0.1) is 5.82 Å². The second-order valence-electron chi connectivity index (χ2n) is 7.93. The average Bonchev–Trinajstić information content (AvgIpc) is 3.25. The van der Waals surface area contributed by atoms with Crippen LogP contribution >= 0.6 is 0 Å². The number of piperidine rings is 1. The Hall–Kier alpha value is -2.51. The Labute approximate surface area is 169 Å². The summed E-state index contributed by atoms with van der Waals surface area (Å²) < 4.78 is 22.4. The van der Waals surface area contributed by atoms with Gasteiger partial charge in [0.2, 0.25) is 0 Å². The highest BCUT2D eigenvalue weighted by atomic mass is 19.1. The minimum absolute atomic E-state index is 0.207. The standard InChI is InChI=1S/C22H26FN5O/c1-2-27-8-6-15(7-9-27)18-10-17-13-29-12-16-4-3-5-20(23)19(16)11-24-21(17)28-14-25-26-22(18)28/h3-5,10,14-15,24H,2,6-9,11-13H2,1H3. The molecule has 0 saturated carbocycles. The molecule has 0 atom stereocenters. The molecule has 0 aliphatic carbocycles. The number of benzene rings is 1. The van der Waals surface area contributed by atoms with E-state index in [0.717, 1.165) is 55.1 Å². The zero-order chi connectivity index (χ0) is 19.8. The first-order chi connectivity index (χ1) is 14.2. The molecule has 0 spiro atoms. The van der Waals surface area contributed by atoms with Crippen LogP contribution < -0.4 is 5.32 Å². The van der Waals surface area contributed by atoms with E-state index in [2.05, 4.69) is 33.4 Å². The molecule has 0 unspecified atom stereocenters. The summed E-state index contributed by atoms with van der Waals surface area (Å²) in [6.45, 7) is 6.82. The average molecular weight is 395 g/mol. The largest absolute Gasteiger partial charge is 0.372 e. The summed E-state index contributed by atoms with van der Waals surface area (Å²) >= 11 is 0. The third-order valence-corrected chi connectivity index (χ3v) is 6.32. The number of nitrogens with zero attached hydrogens (tertiary/aromatic N) is 4. The van der Waals surface area contributed by atoms with Crippen LogP contribution in [0.3, 0.4) is 0 Å². The van der Waals surface area contributed by atoms with Gasteiger partial charge < -0.3 is 15.0 Å². The number of fused-ring (bicyclic) bond motifs is 4. The Bertz CT molecular complexity index is 1030. The lowest BCUT2D eigenvalue weighted by atomic mass is 9.89. The van der Waals surface area contributed by atoms with Gasteiger partial charge in [-0.3, -0.25) is 4.40 Å². The first kappa shape index (κ1) is 18.5. The normalized spacial score (nSPS) is 18.4. The van der Waals surface area contributed by atoms with E-state index >= 15 is 0 Å². The van der Waals surface area contributed by atoms with Gasteiger partial charge in [-0.2, -0.15) is 0 Å². The molecule has 1 aromatic carbocycles. The highest BCUT2D eigenvalue weighted by molar-refractivity contribution is 5.61. The summed E-state index contributed by atoms with van der Waals surface area (Å²) in [6.07, 6.45) is 3.99. The van der Waals surface area contributed by atoms with E-state index < -0.39 is 0 Å². The molecule has 1 saturated heterocycles. The molecule has 2 aliphatic heterocycles. The quantitative estimate of drug-likeness (QED) is 0.717. The summed E-state index contributed by atoms with van der Waals surface area (Å²) in [5.41, 5.74) is 4.73. The van der Waals surface area contributed by atoms with Gasteiger partial charge in [-0.05, 0) is 56.1 Å². The molecule has 4 heterocycles. The van der Waals surface area contributed by atoms with Gasteiger partial charge in [-0.15, -0.1) is 10.2 Å². The fourth-order valence-electron chi connectivity index (χ4n) is 4.62. The lowest BCUT2D eigenvalue weighted by molar-refractivity contribution is 0.107. The number of ether oxygens (including phenoxy) is 1. The van der Waals surface area contributed by atoms with E-state index in [4.69, 9.17) is 4.74 Å². The molecule has 1 N–H and O–H groups in total. The zero-order valence-electron chi connectivity index (χ0n) is 16.7. The maximum absolute atomic E-state index is 14.4. The highest BCUT2D eigenvalue weighted by Gasteiger charge is 2.25. The monoisotopic (exact) mass is 395 g/mol. The van der Waals surface area contributed by atoms with Crippen molar-refractivity contribution in [3.8, 4) is 0 Å². The molecular formula is C22H26FN5O. The molecule has 6 nitrogen and oxygen atoms in total. The Kier molecular flexibility index (Phi) is 4.93. The topological polar surface area (TPSA) is 54.7 Å². The number of anilines is 1. The van der Waals surface area contributed by atoms with Crippen LogP contribution in [0.15, 0.2) is 30.6 Å². The van der Waals surface area contributed by atoms with Gasteiger partial charge in [0.15, 0.2) is 5.65 Å². The van der Waals surface area contributed by atoms with Gasteiger partial charge in [0.1, 0.15) is 18.0 Å². The molecule has 5 rings (SSSR count). The lowest BCUT2D eigenvalue weighted by Gasteiger charge is -2.31. The molecule has 0 amide bonds. The number of halogens is 1. The van der Waals surface area contributed by atoms with Crippen molar-refractivity contribution in [1.29, 1.82) is 0 Å². The number of nitrogens with one attached hydrogen (secondary N) is 1. The smallest absolute Gasteiger partial charge is 0.165 e. The molecule has 1 fully saturated rings. The molecule has 0 radical (unpaired) electrons. The molecule has 3 aromatic rings. The second-order valence-corrected chi connectivity index (χ2v) is 7.93. The minimum Gasteiger partial charge on any atom is -0.372 e. The SMILES string of the molecule is CCN1CCC(c2cc3c(n4cnnc24)NCc2c(F)cccc2COC3)CC1. The van der Waals surface area contributed by atoms with Crippen molar-refractivity contribution >= 4 is 11.5 Å². The Morgan fingerprint density at radius 3 is 2.86 bits per heavy atom. The highest BCUT2D eigenvalue weighted by Crippen LogP contribution is 2.34. The van der Waals surface area contributed by atoms with Crippen molar-refractivity contribution in [3.05, 3.63) is 58.7 Å². The number of hydrogen-bond donors (Lipinski definition) is 1. The Morgan fingerprint density at radius 2 is 2.03 bits per heavy atom. The minimum atomic E-state index is -0.207. The first-order valence-electron chi connectivity index (χ1n) is 10.4. The van der Waals surface area contributed by atoms with Crippen molar-refractivity contribution in [1.82, 2.24) is 19.5 Å². The number of aromatic nitrogens is 3. The van der Waals surface area contributed by atoms with Gasteiger partial charge >= 0.3 is 0 Å². The van der Waals surface area contributed by atoms with E-state index in [9.17, 15) is 4.39 Å². The lowest BCUT2D eigenvalue weighted by Crippen LogP contribution is -2.32. The van der Waals surface area contributed by atoms with Gasteiger partial charge in [0.25, 0.3) is 0 Å². The van der Waals surface area contributed by atoms with Gasteiger partial charge in [-0.1, -0.05) is 19.1 Å². The third-order valence-electron chi connectivity index (χ3n) is 6.32. The summed E-state index contributed by atoms with van der Waals surface area (Å²) in [6, 6.07) is 7.39. The fraction of sp³-hybridized carbons (Fsp3) is 0.455. The van der Waals surface area contributed by atoms with Crippen LogP contribution in [0.4, 0.5) is 10.2 Å². The number of likely N-dealkylation sites (tertiary alicyclic amines) is 1. The van der Waals surface area contributed by atoms with Gasteiger partial charge in [0, 0.05) is 23.2 Å². The molecular weight excluding hydrogens is 369 g/mol. The predicted molar refractivity (Wildman–Crippen MR) is 109 cm³/mol. The van der Waals surface area contributed by atoms with E-state index in [-0.39, 0.29) is 5.82 Å². The van der Waals surface area contributed by atoms with Crippen molar-refractivity contribution < 1.29 is 9.13 Å². The predicted octanol–water partition coefficient (Wildman–Crippen LogP) is 3.71. The molecule has 0 bridgehead atoms. The van der Waals surface area contributed by atoms with Gasteiger partial charge in [0.05, 0.1) is 13.2 Å². The van der Waals surface area contributed by atoms with E-state index in [1.165, 1.54) is 11.6 Å². The van der Waals surface area contributed by atoms with Crippen molar-refractivity contribution in [3.63, 3.8) is 0 Å². The molecule has 7 heteroatoms. The maximum Gasteiger partial charge on any atom is 0.165 e. The Balaban J connectivity index is 1.53. The molecule has 152 valence electrons. The van der Waals surface area contributed by atoms with Crippen LogP contribution in [0.2, 0.25) is 0 Å². The van der Waals surface area contributed by atoms with Crippen molar-refractivity contribution in [2.45, 2.75) is 45.4 Å². The van der Waals surface area contributed by atoms with E-state index in [0.29, 0.717) is 31.2 Å². The first-order valence-corrected chi connectivity index (χ1v) is 10.4. The van der Waals surface area contributed by atoms with Gasteiger partial charge in [-0.25, -0.2) is 4.39 Å². The molecule has 29 heavy (non-hydrogen) atoms. The summed E-state index contributed by atoms with van der Waals surface area (Å²) in [5.74, 6) is 1.15. The van der Waals surface area contributed by atoms with Crippen LogP contribution in [0.1, 0.15) is 47.9 Å². The third kappa shape index (κ3) is 3.38. The van der Waals surface area contributed by atoms with Crippen LogP contribution in [0.5, 0.6) is 0 Å². The van der Waals surface area contributed by atoms with Crippen LogP contribution in [-0.2, 0) is 24.5 Å². The van der Waals surface area contributed by atoms with Crippen molar-refractivity contribution in [2.24, 2.45) is 0 Å². The van der Waals surface area contributed by atoms with Crippen LogP contribution in [-0.4, -0.2) is 39.1 Å². The van der Waals surface area contributed by atoms with Crippen LogP contribution in [0.25, 0.3) is 5.65 Å². The number of hydrogen-bond acceptors (Lipinski definition) is 5. The van der Waals surface area contributed by atoms with E-state index in [1.807, 2.05) is 10.5 Å². The number of pyridine rings is 1. The molecule has 2 aromatic heterocycles. The Morgan fingerprint density at radius 1 is 1.21 bits per heavy atom. The summed E-state index contributed by atoms with van der Waals surface area (Å²) in [4.78, 5) is 2.49. The fourth-order valence-corrected chi connectivity index (χ4v) is 4.62. The zero-order valence-corrected chi connectivity index (χ0v) is 16.7. The van der Waals surface area contributed by atoms with E-state index in [1.54, 1.807) is 12.4 Å². The second kappa shape index (κ2) is 7.72. The summed E-state index contributed by atoms with van der Waals surface area (Å²) in [7, 11) is 0. The summed E-state index contributed by atoms with van der Waals surface area (Å²) in [5, 5.41) is 12.0.